The van der Waals surface area contributed by atoms with Crippen LogP contribution in [0.4, 0.5) is 10.1 Å². The molecule has 3 rings (SSSR count). The zero-order valence-corrected chi connectivity index (χ0v) is 16.1. The molecule has 1 aliphatic rings. The summed E-state index contributed by atoms with van der Waals surface area (Å²) >= 11 is 0. The summed E-state index contributed by atoms with van der Waals surface area (Å²) in [6.45, 7) is 8.15. The minimum Gasteiger partial charge on any atom is -0.388 e. The predicted octanol–water partition coefficient (Wildman–Crippen LogP) is 3.34. The number of hydrogen-bond donors (Lipinski definition) is 3. The molecule has 1 fully saturated rings. The van der Waals surface area contributed by atoms with Gasteiger partial charge in [-0.15, -0.1) is 17.5 Å². The Hall–Kier alpha value is -1.86. The van der Waals surface area contributed by atoms with Gasteiger partial charge >= 0.3 is 5.76 Å². The number of piperidine rings is 1. The van der Waals surface area contributed by atoms with E-state index in [4.69, 9.17) is 4.42 Å². The van der Waals surface area contributed by atoms with E-state index in [0.29, 0.717) is 28.7 Å². The summed E-state index contributed by atoms with van der Waals surface area (Å²) in [5.41, 5.74) is 1.70. The average molecular weight is 385 g/mol. The molecule has 8 heteroatoms. The van der Waals surface area contributed by atoms with Crippen LogP contribution in [-0.4, -0.2) is 29.3 Å². The lowest BCUT2D eigenvalue weighted by Crippen LogP contribution is -2.43. The van der Waals surface area contributed by atoms with Gasteiger partial charge in [-0.25, -0.2) is 14.3 Å². The lowest BCUT2D eigenvalue weighted by molar-refractivity contribution is 0.226. The van der Waals surface area contributed by atoms with E-state index < -0.39 is 5.76 Å². The lowest BCUT2D eigenvalue weighted by atomic mass is 9.80. The van der Waals surface area contributed by atoms with Crippen molar-refractivity contribution >= 4 is 18.1 Å². The summed E-state index contributed by atoms with van der Waals surface area (Å²) in [5.74, 6) is 0.220. The van der Waals surface area contributed by atoms with Gasteiger partial charge in [0.05, 0.1) is 0 Å². The first kappa shape index (κ1) is 20.5. The van der Waals surface area contributed by atoms with Crippen LogP contribution < -0.4 is 16.4 Å². The normalized spacial score (nSPS) is 21.1. The fourth-order valence-corrected chi connectivity index (χ4v) is 3.71. The number of aromatic amines is 1. The summed E-state index contributed by atoms with van der Waals surface area (Å²) < 4.78 is 19.3. The number of rotatable bonds is 5. The van der Waals surface area contributed by atoms with Gasteiger partial charge in [0.2, 0.25) is 5.89 Å². The maximum absolute atomic E-state index is 14.4. The quantitative estimate of drug-likeness (QED) is 0.736. The molecule has 144 valence electrons. The Morgan fingerprint density at radius 1 is 1.46 bits per heavy atom. The second-order valence-electron chi connectivity index (χ2n) is 6.81. The average Bonchev–Trinajstić information content (AvgIpc) is 3.05. The van der Waals surface area contributed by atoms with Gasteiger partial charge in [0.1, 0.15) is 5.82 Å². The highest BCUT2D eigenvalue weighted by Gasteiger charge is 2.28. The minimum absolute atomic E-state index is 0. The first-order valence-corrected chi connectivity index (χ1v) is 8.82. The van der Waals surface area contributed by atoms with Crippen molar-refractivity contribution in [3.05, 3.63) is 34.1 Å². The number of nitrogens with zero attached hydrogens (tertiary/aromatic N) is 1. The van der Waals surface area contributed by atoms with Crippen molar-refractivity contribution in [1.29, 1.82) is 0 Å². The van der Waals surface area contributed by atoms with Crippen molar-refractivity contribution in [2.75, 3.05) is 18.4 Å². The zero-order chi connectivity index (χ0) is 18.0. The Bertz CT molecular complexity index is 792. The summed E-state index contributed by atoms with van der Waals surface area (Å²) in [6, 6.07) is 3.34. The van der Waals surface area contributed by atoms with E-state index in [9.17, 15) is 9.18 Å². The Labute approximate surface area is 158 Å². The highest BCUT2D eigenvalue weighted by atomic mass is 35.5. The molecule has 2 aromatic rings. The van der Waals surface area contributed by atoms with Crippen LogP contribution >= 0.6 is 12.4 Å². The van der Waals surface area contributed by atoms with E-state index >= 15 is 0 Å². The highest BCUT2D eigenvalue weighted by molar-refractivity contribution is 5.85. The Morgan fingerprint density at radius 2 is 2.23 bits per heavy atom. The first-order valence-electron chi connectivity index (χ1n) is 8.82. The molecule has 1 aromatic carbocycles. The predicted molar refractivity (Wildman–Crippen MR) is 102 cm³/mol. The molecule has 1 aliphatic heterocycles. The van der Waals surface area contributed by atoms with Crippen molar-refractivity contribution in [2.45, 2.75) is 39.7 Å². The number of aromatic nitrogens is 2. The standard InChI is InChI=1S/C18H25FN4O2.ClH/c1-4-12-9-20-6-5-14(12)11(3)21-16-8-13(7-15(19)10(16)2)17-22-23-18(24)25-17;/h7-8,11-12,14,20-21H,4-6,9H2,1-3H3,(H,23,24);1H/t11-,12+,14+;/m0./s1. The topological polar surface area (TPSA) is 83.0 Å². The molecule has 0 amide bonds. The third-order valence-corrected chi connectivity index (χ3v) is 5.25. The monoisotopic (exact) mass is 384 g/mol. The van der Waals surface area contributed by atoms with Crippen LogP contribution in [-0.2, 0) is 0 Å². The fourth-order valence-electron chi connectivity index (χ4n) is 3.71. The number of H-pyrrole nitrogens is 1. The molecule has 26 heavy (non-hydrogen) atoms. The molecule has 6 nitrogen and oxygen atoms in total. The van der Waals surface area contributed by atoms with E-state index in [1.54, 1.807) is 13.0 Å². The lowest BCUT2D eigenvalue weighted by Gasteiger charge is -2.36. The van der Waals surface area contributed by atoms with Gasteiger partial charge in [-0.1, -0.05) is 13.3 Å². The molecule has 0 bridgehead atoms. The third kappa shape index (κ3) is 4.27. The summed E-state index contributed by atoms with van der Waals surface area (Å²) in [6.07, 6.45) is 2.22. The van der Waals surface area contributed by atoms with Crippen molar-refractivity contribution in [3.63, 3.8) is 0 Å². The summed E-state index contributed by atoms with van der Waals surface area (Å²) in [5, 5.41) is 12.9. The third-order valence-electron chi connectivity index (χ3n) is 5.25. The second kappa shape index (κ2) is 8.68. The van der Waals surface area contributed by atoms with Crippen LogP contribution in [0.2, 0.25) is 0 Å². The van der Waals surface area contributed by atoms with Crippen LogP contribution in [0.3, 0.4) is 0 Å². The second-order valence-corrected chi connectivity index (χ2v) is 6.81. The van der Waals surface area contributed by atoms with Crippen LogP contribution in [0.5, 0.6) is 0 Å². The smallest absolute Gasteiger partial charge is 0.388 e. The van der Waals surface area contributed by atoms with Gasteiger partial charge in [-0.3, -0.25) is 0 Å². The zero-order valence-electron chi connectivity index (χ0n) is 15.3. The van der Waals surface area contributed by atoms with Crippen LogP contribution in [0.25, 0.3) is 11.5 Å². The number of nitrogens with one attached hydrogen (secondary N) is 3. The molecular weight excluding hydrogens is 359 g/mol. The Balaban J connectivity index is 0.00000243. The SMILES string of the molecule is CC[C@@H]1CNCC[C@@H]1[C@H](C)Nc1cc(-c2n[nH]c(=O)o2)cc(F)c1C.Cl. The van der Waals surface area contributed by atoms with E-state index in [1.807, 2.05) is 0 Å². The van der Waals surface area contributed by atoms with E-state index in [-0.39, 0.29) is 30.2 Å². The Kier molecular flexibility index (Phi) is 6.83. The first-order chi connectivity index (χ1) is 12.0. The molecule has 0 unspecified atom stereocenters. The summed E-state index contributed by atoms with van der Waals surface area (Å²) in [7, 11) is 0. The molecule has 3 N–H and O–H groups in total. The molecule has 0 radical (unpaired) electrons. The largest absolute Gasteiger partial charge is 0.434 e. The molecule has 1 aromatic heterocycles. The van der Waals surface area contributed by atoms with Crippen molar-refractivity contribution in [1.82, 2.24) is 15.5 Å². The van der Waals surface area contributed by atoms with Crippen LogP contribution in [0.1, 0.15) is 32.3 Å². The van der Waals surface area contributed by atoms with E-state index in [2.05, 4.69) is 34.7 Å². The highest BCUT2D eigenvalue weighted by Crippen LogP contribution is 2.31. The maximum Gasteiger partial charge on any atom is 0.434 e. The van der Waals surface area contributed by atoms with Crippen LogP contribution in [0.15, 0.2) is 21.3 Å². The molecule has 3 atom stereocenters. The van der Waals surface area contributed by atoms with Crippen molar-refractivity contribution < 1.29 is 8.81 Å². The maximum atomic E-state index is 14.4. The number of anilines is 1. The van der Waals surface area contributed by atoms with Gasteiger partial charge in [0, 0.05) is 22.9 Å². The molecule has 0 spiro atoms. The van der Waals surface area contributed by atoms with Gasteiger partial charge in [0.15, 0.2) is 0 Å². The molecule has 2 heterocycles. The summed E-state index contributed by atoms with van der Waals surface area (Å²) in [4.78, 5) is 11.2. The van der Waals surface area contributed by atoms with Crippen molar-refractivity contribution in [2.24, 2.45) is 11.8 Å². The van der Waals surface area contributed by atoms with E-state index in [0.717, 1.165) is 25.9 Å². The van der Waals surface area contributed by atoms with Gasteiger partial charge in [0.25, 0.3) is 0 Å². The molecule has 1 saturated heterocycles. The number of halogens is 2. The van der Waals surface area contributed by atoms with Crippen molar-refractivity contribution in [3.8, 4) is 11.5 Å². The van der Waals surface area contributed by atoms with Crippen LogP contribution in [0, 0.1) is 24.6 Å². The molecule has 0 saturated carbocycles. The van der Waals surface area contributed by atoms with Gasteiger partial charge in [-0.2, -0.15) is 0 Å². The number of benzene rings is 1. The fraction of sp³-hybridized carbons (Fsp3) is 0.556. The van der Waals surface area contributed by atoms with E-state index in [1.165, 1.54) is 6.07 Å². The Morgan fingerprint density at radius 3 is 2.88 bits per heavy atom. The minimum atomic E-state index is -0.653. The number of hydrogen-bond acceptors (Lipinski definition) is 5. The molecule has 0 aliphatic carbocycles. The molecular formula is C18H26ClFN4O2. The van der Waals surface area contributed by atoms with Gasteiger partial charge in [-0.05, 0) is 57.3 Å². The van der Waals surface area contributed by atoms with Gasteiger partial charge < -0.3 is 15.1 Å².